The van der Waals surface area contributed by atoms with Gasteiger partial charge >= 0.3 is 0 Å². The predicted octanol–water partition coefficient (Wildman–Crippen LogP) is -6.17. The lowest BCUT2D eigenvalue weighted by Gasteiger charge is -2.48. The van der Waals surface area contributed by atoms with Gasteiger partial charge in [0.05, 0.1) is 37.4 Å². The third-order valence-corrected chi connectivity index (χ3v) is 8.29. The normalized spacial score (nSPS) is 40.9. The van der Waals surface area contributed by atoms with Crippen molar-refractivity contribution in [3.63, 3.8) is 0 Å². The third kappa shape index (κ3) is 8.75. The van der Waals surface area contributed by atoms with Crippen LogP contribution >= 0.6 is 0 Å². The van der Waals surface area contributed by atoms with Gasteiger partial charge < -0.3 is 83.8 Å². The SMILES string of the molecule is NCCCN[C@@H]1CC[C@@H](CN)O[C@@H]1O[C@H]1[C@H](O)[C@@H](O[C@H]2O[C@H](CO)[C@@H](O)[C@H](N)[C@H]2O)[C@H](NC(=O)C(O)C(F)(F)CN)C[C@@H]1N. The second-order valence-corrected chi connectivity index (χ2v) is 11.5. The van der Waals surface area contributed by atoms with E-state index in [4.69, 9.17) is 47.6 Å². The van der Waals surface area contributed by atoms with Gasteiger partial charge in [-0.15, -0.1) is 0 Å². The Morgan fingerprint density at radius 1 is 0.977 bits per heavy atom. The Kier molecular flexibility index (Phi) is 14.0. The lowest BCUT2D eigenvalue weighted by atomic mass is 9.83. The molecule has 0 spiro atoms. The van der Waals surface area contributed by atoms with Gasteiger partial charge in [-0.3, -0.25) is 4.79 Å². The van der Waals surface area contributed by atoms with Crippen molar-refractivity contribution >= 4 is 5.91 Å². The number of hydrogen-bond acceptors (Lipinski definition) is 16. The van der Waals surface area contributed by atoms with Gasteiger partial charge in [-0.05, 0) is 38.8 Å². The number of ether oxygens (including phenoxy) is 4. The van der Waals surface area contributed by atoms with Crippen molar-refractivity contribution in [2.45, 2.75) is 117 Å². The quantitative estimate of drug-likeness (QED) is 0.0782. The first kappa shape index (κ1) is 37.2. The standard InChI is InChI=1S/C25H49F2N7O10/c26-25(27,9-30)21(39)22(40)34-13-6-11(31)19(43-23-12(33-5-1-4-28)3-2-10(7-29)41-23)18(38)20(13)44-24-17(37)15(32)16(36)14(8-35)42-24/h10-21,23-24,33,35-39H,1-9,28-32H2,(H,34,40)/t10-,11-,12+,13+,14+,15-,16+,17+,18-,19+,20-,21?,23+,24+/m0/s1. The van der Waals surface area contributed by atoms with Crippen LogP contribution in [0.2, 0.25) is 0 Å². The molecule has 0 aromatic rings. The largest absolute Gasteiger partial charge is 0.394 e. The van der Waals surface area contributed by atoms with E-state index in [1.807, 2.05) is 0 Å². The molecule has 0 bridgehead atoms. The maximum atomic E-state index is 14.0. The van der Waals surface area contributed by atoms with Crippen LogP contribution in [0.1, 0.15) is 25.7 Å². The number of halogens is 2. The van der Waals surface area contributed by atoms with Crippen LogP contribution in [-0.4, -0.2) is 156 Å². The molecule has 2 aliphatic heterocycles. The number of nitrogens with one attached hydrogen (secondary N) is 2. The second kappa shape index (κ2) is 16.5. The molecule has 2 heterocycles. The van der Waals surface area contributed by atoms with E-state index in [0.717, 1.165) is 0 Å². The number of alkyl halides is 2. The molecule has 2 saturated heterocycles. The fraction of sp³-hybridized carbons (Fsp3) is 0.960. The Bertz CT molecular complexity index is 900. The fourth-order valence-electron chi connectivity index (χ4n) is 5.58. The Morgan fingerprint density at radius 3 is 2.27 bits per heavy atom. The molecule has 1 unspecified atom stereocenters. The van der Waals surface area contributed by atoms with Crippen LogP contribution < -0.4 is 39.3 Å². The number of carbonyl (C=O) groups is 1. The van der Waals surface area contributed by atoms with E-state index in [-0.39, 0.29) is 25.1 Å². The van der Waals surface area contributed by atoms with Crippen molar-refractivity contribution in [1.82, 2.24) is 10.6 Å². The lowest BCUT2D eigenvalue weighted by Crippen LogP contribution is -2.69. The van der Waals surface area contributed by atoms with Gasteiger partial charge in [-0.2, -0.15) is 0 Å². The molecular weight excluding hydrogens is 596 g/mol. The second-order valence-electron chi connectivity index (χ2n) is 11.5. The van der Waals surface area contributed by atoms with Crippen LogP contribution in [0.15, 0.2) is 0 Å². The minimum atomic E-state index is -3.97. The van der Waals surface area contributed by atoms with Gasteiger partial charge in [-0.1, -0.05) is 0 Å². The van der Waals surface area contributed by atoms with E-state index in [1.54, 1.807) is 0 Å². The van der Waals surface area contributed by atoms with Gasteiger partial charge in [0.15, 0.2) is 18.7 Å². The van der Waals surface area contributed by atoms with Crippen LogP contribution in [0.25, 0.3) is 0 Å². The summed E-state index contributed by atoms with van der Waals surface area (Å²) in [4.78, 5) is 12.6. The van der Waals surface area contributed by atoms with Crippen LogP contribution in [0.3, 0.4) is 0 Å². The summed E-state index contributed by atoms with van der Waals surface area (Å²) in [6.45, 7) is -0.804. The zero-order valence-electron chi connectivity index (χ0n) is 24.4. The third-order valence-electron chi connectivity index (χ3n) is 8.29. The van der Waals surface area contributed by atoms with E-state index >= 15 is 0 Å². The maximum absolute atomic E-state index is 14.0. The van der Waals surface area contributed by atoms with Crippen molar-refractivity contribution < 1.29 is 58.1 Å². The number of aliphatic hydroxyl groups excluding tert-OH is 5. The summed E-state index contributed by atoms with van der Waals surface area (Å²) in [5.74, 6) is -5.49. The molecule has 1 amide bonds. The average Bonchev–Trinajstić information content (AvgIpc) is 3.01. The highest BCUT2D eigenvalue weighted by molar-refractivity contribution is 5.82. The zero-order chi connectivity index (χ0) is 32.8. The van der Waals surface area contributed by atoms with Crippen LogP contribution in [0.4, 0.5) is 8.78 Å². The van der Waals surface area contributed by atoms with Gasteiger partial charge in [0.1, 0.15) is 36.6 Å². The summed E-state index contributed by atoms with van der Waals surface area (Å²) >= 11 is 0. The summed E-state index contributed by atoms with van der Waals surface area (Å²) in [7, 11) is 0. The van der Waals surface area contributed by atoms with Crippen molar-refractivity contribution in [3.05, 3.63) is 0 Å². The molecule has 3 fully saturated rings. The zero-order valence-corrected chi connectivity index (χ0v) is 24.4. The average molecular weight is 646 g/mol. The Morgan fingerprint density at radius 2 is 1.66 bits per heavy atom. The van der Waals surface area contributed by atoms with Crippen molar-refractivity contribution in [3.8, 4) is 0 Å². The molecular formula is C25H49F2N7O10. The minimum Gasteiger partial charge on any atom is -0.394 e. The topological polar surface area (TPSA) is 309 Å². The van der Waals surface area contributed by atoms with Gasteiger partial charge in [0, 0.05) is 12.6 Å². The van der Waals surface area contributed by atoms with E-state index < -0.39 is 98.4 Å². The Labute approximate surface area is 253 Å². The summed E-state index contributed by atoms with van der Waals surface area (Å²) in [5, 5.41) is 57.5. The summed E-state index contributed by atoms with van der Waals surface area (Å²) in [5.41, 5.74) is 28.7. The highest BCUT2D eigenvalue weighted by Crippen LogP contribution is 2.32. The molecule has 0 aromatic heterocycles. The first-order valence-corrected chi connectivity index (χ1v) is 14.8. The number of rotatable bonds is 14. The molecule has 19 heteroatoms. The highest BCUT2D eigenvalue weighted by atomic mass is 19.3. The lowest BCUT2D eigenvalue weighted by molar-refractivity contribution is -0.314. The van der Waals surface area contributed by atoms with Crippen LogP contribution in [0.5, 0.6) is 0 Å². The van der Waals surface area contributed by atoms with Gasteiger partial charge in [-0.25, -0.2) is 8.78 Å². The summed E-state index contributed by atoms with van der Waals surface area (Å²) in [6.07, 6.45) is -13.0. The van der Waals surface area contributed by atoms with Crippen LogP contribution in [0, 0.1) is 0 Å². The first-order valence-electron chi connectivity index (χ1n) is 14.8. The Hall–Kier alpha value is -1.27. The van der Waals surface area contributed by atoms with Crippen molar-refractivity contribution in [2.24, 2.45) is 28.7 Å². The molecule has 3 aliphatic rings. The molecule has 44 heavy (non-hydrogen) atoms. The number of hydrogen-bond donors (Lipinski definition) is 12. The van der Waals surface area contributed by atoms with Crippen molar-refractivity contribution in [1.29, 1.82) is 0 Å². The number of nitrogens with two attached hydrogens (primary N) is 5. The molecule has 3 rings (SSSR count). The van der Waals surface area contributed by atoms with E-state index in [2.05, 4.69) is 10.6 Å². The molecule has 17 nitrogen and oxygen atoms in total. The molecule has 258 valence electrons. The van der Waals surface area contributed by atoms with E-state index in [0.29, 0.717) is 32.4 Å². The maximum Gasteiger partial charge on any atom is 0.294 e. The predicted molar refractivity (Wildman–Crippen MR) is 148 cm³/mol. The highest BCUT2D eigenvalue weighted by Gasteiger charge is 2.52. The Balaban J connectivity index is 1.87. The van der Waals surface area contributed by atoms with E-state index in [1.165, 1.54) is 0 Å². The fourth-order valence-corrected chi connectivity index (χ4v) is 5.58. The van der Waals surface area contributed by atoms with Crippen molar-refractivity contribution in [2.75, 3.05) is 32.8 Å². The smallest absolute Gasteiger partial charge is 0.294 e. The molecule has 1 saturated carbocycles. The molecule has 0 radical (unpaired) electrons. The number of carbonyl (C=O) groups excluding carboxylic acids is 1. The number of aliphatic hydroxyl groups is 5. The molecule has 1 aliphatic carbocycles. The molecule has 17 N–H and O–H groups in total. The van der Waals surface area contributed by atoms with Crippen LogP contribution in [-0.2, 0) is 23.7 Å². The van der Waals surface area contributed by atoms with Gasteiger partial charge in [0.2, 0.25) is 0 Å². The van der Waals surface area contributed by atoms with Gasteiger partial charge in [0.25, 0.3) is 11.8 Å². The molecule has 0 aromatic carbocycles. The number of amides is 1. The van der Waals surface area contributed by atoms with E-state index in [9.17, 15) is 39.1 Å². The summed E-state index contributed by atoms with van der Waals surface area (Å²) in [6, 6.07) is -4.03. The monoisotopic (exact) mass is 645 g/mol. The summed E-state index contributed by atoms with van der Waals surface area (Å²) < 4.78 is 51.6. The molecule has 14 atom stereocenters. The first-order chi connectivity index (χ1) is 20.8. The minimum absolute atomic E-state index is 0.208.